The molecule has 3 aromatic rings. The number of benzene rings is 2. The fourth-order valence-corrected chi connectivity index (χ4v) is 5.18. The molecule has 1 aliphatic heterocycles. The molecule has 0 aliphatic carbocycles. The smallest absolute Gasteiger partial charge is 0.240 e. The molecule has 2 aromatic carbocycles. The summed E-state index contributed by atoms with van der Waals surface area (Å²) in [6, 6.07) is 18.1. The third kappa shape index (κ3) is 3.71. The van der Waals surface area contributed by atoms with E-state index in [4.69, 9.17) is 9.72 Å². The summed E-state index contributed by atoms with van der Waals surface area (Å²) < 4.78 is 7.46. The van der Waals surface area contributed by atoms with Crippen molar-refractivity contribution in [3.8, 4) is 0 Å². The van der Waals surface area contributed by atoms with Crippen LogP contribution in [0.25, 0.3) is 10.2 Å². The molecular weight excluding hydrogens is 352 g/mol. The van der Waals surface area contributed by atoms with Crippen LogP contribution in [0, 0.1) is 0 Å². The largest absolute Gasteiger partial charge is 0.378 e. The summed E-state index contributed by atoms with van der Waals surface area (Å²) in [5.41, 5.74) is 2.00. The highest BCUT2D eigenvalue weighted by molar-refractivity contribution is 8.02. The van der Waals surface area contributed by atoms with Crippen molar-refractivity contribution >= 4 is 39.2 Å². The average Bonchev–Trinajstić information content (AvgIpc) is 3.09. The number of hydrogen-bond donors (Lipinski definition) is 0. The maximum Gasteiger partial charge on any atom is 0.240 e. The molecule has 128 valence electrons. The molecule has 2 heterocycles. The lowest BCUT2D eigenvalue weighted by Crippen LogP contribution is -2.42. The van der Waals surface area contributed by atoms with E-state index in [-0.39, 0.29) is 11.2 Å². The van der Waals surface area contributed by atoms with Crippen LogP contribution in [0.2, 0.25) is 0 Å². The van der Waals surface area contributed by atoms with Gasteiger partial charge in [0.1, 0.15) is 5.25 Å². The number of rotatable bonds is 4. The number of thioether (sulfide) groups is 1. The van der Waals surface area contributed by atoms with Gasteiger partial charge in [0.25, 0.3) is 0 Å². The van der Waals surface area contributed by atoms with Crippen molar-refractivity contribution in [2.24, 2.45) is 0 Å². The van der Waals surface area contributed by atoms with Crippen LogP contribution in [-0.4, -0.2) is 42.1 Å². The van der Waals surface area contributed by atoms with Crippen LogP contribution in [0.3, 0.4) is 0 Å². The quantitative estimate of drug-likeness (QED) is 0.651. The van der Waals surface area contributed by atoms with E-state index >= 15 is 0 Å². The van der Waals surface area contributed by atoms with E-state index in [1.54, 1.807) is 23.1 Å². The van der Waals surface area contributed by atoms with Gasteiger partial charge in [-0.05, 0) is 17.7 Å². The van der Waals surface area contributed by atoms with Crippen molar-refractivity contribution in [3.63, 3.8) is 0 Å². The summed E-state index contributed by atoms with van der Waals surface area (Å²) in [5, 5.41) is -0.278. The zero-order chi connectivity index (χ0) is 17.1. The minimum Gasteiger partial charge on any atom is -0.378 e. The number of carbonyl (C=O) groups excluding carboxylic acids is 1. The molecule has 4 nitrogen and oxygen atoms in total. The molecule has 4 rings (SSSR count). The molecule has 0 N–H and O–H groups in total. The zero-order valence-corrected chi connectivity index (χ0v) is 15.3. The molecule has 1 amide bonds. The number of ether oxygens (including phenoxy) is 1. The van der Waals surface area contributed by atoms with Crippen LogP contribution in [0.4, 0.5) is 0 Å². The lowest BCUT2D eigenvalue weighted by atomic mass is 10.1. The molecule has 1 fully saturated rings. The lowest BCUT2D eigenvalue weighted by Gasteiger charge is -2.30. The van der Waals surface area contributed by atoms with Crippen molar-refractivity contribution in [3.05, 3.63) is 60.2 Å². The standard InChI is InChI=1S/C19H18N2O2S2/c22-18(21-10-12-23-13-11-21)17(14-6-2-1-3-7-14)25-19-20-15-8-4-5-9-16(15)24-19/h1-9,17H,10-13H2/t17-/m1/s1. The van der Waals surface area contributed by atoms with Crippen molar-refractivity contribution < 1.29 is 9.53 Å². The fourth-order valence-electron chi connectivity index (χ4n) is 2.84. The van der Waals surface area contributed by atoms with E-state index in [0.717, 1.165) is 20.1 Å². The van der Waals surface area contributed by atoms with Crippen LogP contribution in [0.15, 0.2) is 58.9 Å². The summed E-state index contributed by atoms with van der Waals surface area (Å²) in [7, 11) is 0. The van der Waals surface area contributed by atoms with Gasteiger partial charge in [0.2, 0.25) is 5.91 Å². The minimum absolute atomic E-state index is 0.138. The van der Waals surface area contributed by atoms with Crippen LogP contribution in [0.1, 0.15) is 10.8 Å². The fraction of sp³-hybridized carbons (Fsp3) is 0.263. The van der Waals surface area contributed by atoms with E-state index < -0.39 is 0 Å². The molecule has 0 unspecified atom stereocenters. The van der Waals surface area contributed by atoms with E-state index in [1.165, 1.54) is 0 Å². The van der Waals surface area contributed by atoms with Gasteiger partial charge in [-0.2, -0.15) is 0 Å². The van der Waals surface area contributed by atoms with Gasteiger partial charge in [0, 0.05) is 13.1 Å². The lowest BCUT2D eigenvalue weighted by molar-refractivity contribution is -0.134. The Balaban J connectivity index is 1.63. The number of morpholine rings is 1. The molecule has 0 radical (unpaired) electrons. The maximum absolute atomic E-state index is 13.1. The van der Waals surface area contributed by atoms with Gasteiger partial charge < -0.3 is 9.64 Å². The minimum atomic E-state index is -0.278. The average molecular weight is 370 g/mol. The van der Waals surface area contributed by atoms with E-state index in [0.29, 0.717) is 26.3 Å². The maximum atomic E-state index is 13.1. The monoisotopic (exact) mass is 370 g/mol. The van der Waals surface area contributed by atoms with Crippen LogP contribution < -0.4 is 0 Å². The molecule has 0 spiro atoms. The Hall–Kier alpha value is -1.89. The third-order valence-corrected chi connectivity index (χ3v) is 6.51. The predicted molar refractivity (Wildman–Crippen MR) is 102 cm³/mol. The Morgan fingerprint density at radius 2 is 1.80 bits per heavy atom. The number of carbonyl (C=O) groups is 1. The Labute approximate surface area is 154 Å². The zero-order valence-electron chi connectivity index (χ0n) is 13.6. The third-order valence-electron chi connectivity index (χ3n) is 4.14. The highest BCUT2D eigenvalue weighted by Gasteiger charge is 2.29. The summed E-state index contributed by atoms with van der Waals surface area (Å²) in [5.74, 6) is 0.138. The summed E-state index contributed by atoms with van der Waals surface area (Å²) in [4.78, 5) is 19.7. The molecule has 1 aromatic heterocycles. The van der Waals surface area contributed by atoms with Crippen molar-refractivity contribution in [1.29, 1.82) is 0 Å². The van der Waals surface area contributed by atoms with Gasteiger partial charge in [-0.25, -0.2) is 4.98 Å². The van der Waals surface area contributed by atoms with Crippen LogP contribution in [0.5, 0.6) is 0 Å². The van der Waals surface area contributed by atoms with Crippen LogP contribution in [-0.2, 0) is 9.53 Å². The first kappa shape index (κ1) is 16.6. The number of thiazole rings is 1. The molecule has 25 heavy (non-hydrogen) atoms. The first-order valence-electron chi connectivity index (χ1n) is 8.25. The van der Waals surface area contributed by atoms with Gasteiger partial charge in [-0.3, -0.25) is 4.79 Å². The number of para-hydroxylation sites is 1. The van der Waals surface area contributed by atoms with Gasteiger partial charge >= 0.3 is 0 Å². The van der Waals surface area contributed by atoms with E-state index in [2.05, 4.69) is 6.07 Å². The predicted octanol–water partition coefficient (Wildman–Crippen LogP) is 3.99. The van der Waals surface area contributed by atoms with E-state index in [1.807, 2.05) is 53.4 Å². The van der Waals surface area contributed by atoms with Gasteiger partial charge in [0.05, 0.1) is 23.4 Å². The van der Waals surface area contributed by atoms with Gasteiger partial charge in [0.15, 0.2) is 4.34 Å². The number of nitrogens with zero attached hydrogens (tertiary/aromatic N) is 2. The number of hydrogen-bond acceptors (Lipinski definition) is 5. The highest BCUT2D eigenvalue weighted by atomic mass is 32.2. The van der Waals surface area contributed by atoms with Gasteiger partial charge in [-0.15, -0.1) is 11.3 Å². The molecule has 1 saturated heterocycles. The summed E-state index contributed by atoms with van der Waals surface area (Å²) in [6.07, 6.45) is 0. The second kappa shape index (κ2) is 7.56. The van der Waals surface area contributed by atoms with Crippen molar-refractivity contribution in [2.75, 3.05) is 26.3 Å². The topological polar surface area (TPSA) is 42.4 Å². The first-order chi connectivity index (χ1) is 12.3. The number of aromatic nitrogens is 1. The second-order valence-electron chi connectivity index (χ2n) is 5.79. The van der Waals surface area contributed by atoms with Crippen molar-refractivity contribution in [1.82, 2.24) is 9.88 Å². The summed E-state index contributed by atoms with van der Waals surface area (Å²) >= 11 is 3.19. The molecule has 1 atom stereocenters. The first-order valence-corrected chi connectivity index (χ1v) is 9.94. The normalized spacial score (nSPS) is 16.1. The molecule has 0 saturated carbocycles. The Morgan fingerprint density at radius 1 is 1.08 bits per heavy atom. The highest BCUT2D eigenvalue weighted by Crippen LogP contribution is 2.40. The SMILES string of the molecule is O=C([C@H](Sc1nc2ccccc2s1)c1ccccc1)N1CCOCC1. The second-order valence-corrected chi connectivity index (χ2v) is 8.18. The van der Waals surface area contributed by atoms with Crippen molar-refractivity contribution in [2.45, 2.75) is 9.59 Å². The van der Waals surface area contributed by atoms with E-state index in [9.17, 15) is 4.79 Å². The molecule has 0 bridgehead atoms. The van der Waals surface area contributed by atoms with Gasteiger partial charge in [-0.1, -0.05) is 54.2 Å². The molecule has 1 aliphatic rings. The van der Waals surface area contributed by atoms with Crippen LogP contribution >= 0.6 is 23.1 Å². The molecular formula is C19H18N2O2S2. The molecule has 6 heteroatoms. The summed E-state index contributed by atoms with van der Waals surface area (Å²) in [6.45, 7) is 2.53. The Morgan fingerprint density at radius 3 is 2.56 bits per heavy atom. The number of fused-ring (bicyclic) bond motifs is 1. The Kier molecular flexibility index (Phi) is 5.01. The Bertz CT molecular complexity index is 827. The number of amides is 1.